The average Bonchev–Trinajstić information content (AvgIpc) is 3.48. The van der Waals surface area contributed by atoms with Gasteiger partial charge in [0.1, 0.15) is 11.6 Å². The van der Waals surface area contributed by atoms with Gasteiger partial charge >= 0.3 is 0 Å². The number of carbonyl (C=O) groups is 3. The molecule has 1 spiro atoms. The molecule has 3 fully saturated rings. The molecule has 0 aromatic heterocycles. The fourth-order valence-electron chi connectivity index (χ4n) is 8.01. The van der Waals surface area contributed by atoms with Crippen molar-refractivity contribution < 1.29 is 24.2 Å². The van der Waals surface area contributed by atoms with Gasteiger partial charge in [0.15, 0.2) is 0 Å². The minimum Gasteiger partial charge on any atom is -0.394 e. The van der Waals surface area contributed by atoms with Gasteiger partial charge in [-0.05, 0) is 63.4 Å². The Bertz CT molecular complexity index is 1100. The maximum absolute atomic E-state index is 14.5. The van der Waals surface area contributed by atoms with Crippen LogP contribution >= 0.6 is 0 Å². The molecule has 1 aromatic rings. The molecule has 0 radical (unpaired) electrons. The third-order valence-corrected chi connectivity index (χ3v) is 9.05. The number of nitrogens with zero attached hydrogens (tertiary/aromatic N) is 1. The van der Waals surface area contributed by atoms with E-state index in [1.165, 1.54) is 0 Å². The molecule has 3 saturated heterocycles. The Morgan fingerprint density at radius 1 is 1.10 bits per heavy atom. The van der Waals surface area contributed by atoms with Crippen LogP contribution in [0.15, 0.2) is 30.3 Å². The zero-order chi connectivity index (χ0) is 29.5. The molecule has 0 aliphatic carbocycles. The van der Waals surface area contributed by atoms with Crippen LogP contribution in [0.4, 0.5) is 0 Å². The minimum absolute atomic E-state index is 0.0270. The summed E-state index contributed by atoms with van der Waals surface area (Å²) in [5.74, 6) is -2.18. The van der Waals surface area contributed by atoms with Gasteiger partial charge in [-0.25, -0.2) is 0 Å². The summed E-state index contributed by atoms with van der Waals surface area (Å²) in [6, 6.07) is 8.11. The Labute approximate surface area is 239 Å². The second-order valence-corrected chi connectivity index (χ2v) is 14.0. The number of fused-ring (bicyclic) bond motifs is 1. The molecule has 40 heavy (non-hydrogen) atoms. The molecule has 8 heteroatoms. The first-order valence-electron chi connectivity index (χ1n) is 15.0. The topological polar surface area (TPSA) is 108 Å². The van der Waals surface area contributed by atoms with Gasteiger partial charge < -0.3 is 25.4 Å². The maximum atomic E-state index is 14.5. The van der Waals surface area contributed by atoms with E-state index in [-0.39, 0.29) is 29.7 Å². The SMILES string of the molecule is CCCNC(=O)[C@H]1[C@H]2C(=O)N([C@@H](CO)Cc3ccccc3)C(C(=O)NC(C)(C)CC(C)(C)C)C23CC[C@]1(CC)O3. The molecule has 3 aliphatic rings. The Hall–Kier alpha value is -2.45. The molecule has 4 rings (SSSR count). The predicted octanol–water partition coefficient (Wildman–Crippen LogP) is 3.60. The molecule has 3 aliphatic heterocycles. The van der Waals surface area contributed by atoms with Crippen molar-refractivity contribution in [1.82, 2.24) is 15.5 Å². The van der Waals surface area contributed by atoms with Crippen molar-refractivity contribution >= 4 is 17.7 Å². The first-order valence-corrected chi connectivity index (χ1v) is 15.0. The molecule has 2 unspecified atom stereocenters. The maximum Gasteiger partial charge on any atom is 0.246 e. The number of ether oxygens (including phenoxy) is 1. The Morgan fingerprint density at radius 3 is 2.35 bits per heavy atom. The monoisotopic (exact) mass is 555 g/mol. The van der Waals surface area contributed by atoms with Crippen LogP contribution in [-0.4, -0.2) is 69.7 Å². The second-order valence-electron chi connectivity index (χ2n) is 14.0. The average molecular weight is 556 g/mol. The van der Waals surface area contributed by atoms with E-state index in [1.54, 1.807) is 4.90 Å². The normalized spacial score (nSPS) is 30.4. The Morgan fingerprint density at radius 2 is 1.77 bits per heavy atom. The van der Waals surface area contributed by atoms with E-state index in [2.05, 4.69) is 31.4 Å². The molecule has 3 amide bonds. The van der Waals surface area contributed by atoms with Crippen molar-refractivity contribution in [1.29, 1.82) is 0 Å². The van der Waals surface area contributed by atoms with Gasteiger partial charge in [0.05, 0.1) is 30.1 Å². The number of hydrogen-bond acceptors (Lipinski definition) is 5. The lowest BCUT2D eigenvalue weighted by molar-refractivity contribution is -0.151. The molecule has 0 saturated carbocycles. The summed E-state index contributed by atoms with van der Waals surface area (Å²) in [5.41, 5.74) is -1.50. The van der Waals surface area contributed by atoms with Gasteiger partial charge in [0.2, 0.25) is 17.7 Å². The number of likely N-dealkylation sites (tertiary alicyclic amines) is 1. The van der Waals surface area contributed by atoms with Crippen molar-refractivity contribution in [3.8, 4) is 0 Å². The van der Waals surface area contributed by atoms with Gasteiger partial charge in [-0.2, -0.15) is 0 Å². The molecule has 8 nitrogen and oxygen atoms in total. The zero-order valence-electron chi connectivity index (χ0n) is 25.4. The van der Waals surface area contributed by atoms with E-state index in [4.69, 9.17) is 4.74 Å². The molecular formula is C32H49N3O5. The van der Waals surface area contributed by atoms with Crippen molar-refractivity contribution in [2.24, 2.45) is 17.3 Å². The number of aliphatic hydroxyl groups excluding tert-OH is 1. The van der Waals surface area contributed by atoms with Crippen LogP contribution in [0, 0.1) is 17.3 Å². The summed E-state index contributed by atoms with van der Waals surface area (Å²) in [5, 5.41) is 16.9. The molecule has 2 bridgehead atoms. The minimum atomic E-state index is -1.12. The van der Waals surface area contributed by atoms with Crippen LogP contribution in [0.2, 0.25) is 0 Å². The Kier molecular flexibility index (Phi) is 8.46. The fourth-order valence-corrected chi connectivity index (χ4v) is 8.01. The van der Waals surface area contributed by atoms with Crippen LogP contribution < -0.4 is 10.6 Å². The van der Waals surface area contributed by atoms with Gasteiger partial charge in [0.25, 0.3) is 0 Å². The lowest BCUT2D eigenvalue weighted by atomic mass is 9.65. The number of carbonyl (C=O) groups excluding carboxylic acids is 3. The number of nitrogens with one attached hydrogen (secondary N) is 2. The quantitative estimate of drug-likeness (QED) is 0.387. The third kappa shape index (κ3) is 5.41. The van der Waals surface area contributed by atoms with Crippen LogP contribution in [0.3, 0.4) is 0 Å². The molecule has 6 atom stereocenters. The van der Waals surface area contributed by atoms with Gasteiger partial charge in [-0.1, -0.05) is 65.0 Å². The van der Waals surface area contributed by atoms with E-state index in [0.717, 1.165) is 18.4 Å². The van der Waals surface area contributed by atoms with E-state index >= 15 is 0 Å². The summed E-state index contributed by atoms with van der Waals surface area (Å²) in [4.78, 5) is 44.1. The molecular weight excluding hydrogens is 506 g/mol. The highest BCUT2D eigenvalue weighted by Gasteiger charge is 2.79. The summed E-state index contributed by atoms with van der Waals surface area (Å²) in [6.45, 7) is 14.6. The van der Waals surface area contributed by atoms with Crippen molar-refractivity contribution in [2.45, 2.75) is 116 Å². The van der Waals surface area contributed by atoms with Crippen molar-refractivity contribution in [2.75, 3.05) is 13.2 Å². The number of rotatable bonds is 11. The fraction of sp³-hybridized carbons (Fsp3) is 0.719. The standard InChI is InChI=1S/C32H49N3O5/c1-8-17-33-26(37)23-24-28(39)35(22(19-36)18-21-13-11-10-12-14-21)25(32(24)16-15-31(23,9-2)40-32)27(38)34-30(6,7)20-29(3,4)5/h10-14,22-25,36H,8-9,15-20H2,1-7H3,(H,33,37)(H,34,38)/t22-,23-,24+,25?,31+,32?/m1/s1. The van der Waals surface area contributed by atoms with Crippen LogP contribution in [0.25, 0.3) is 0 Å². The lowest BCUT2D eigenvalue weighted by Crippen LogP contribution is -2.61. The van der Waals surface area contributed by atoms with E-state index in [0.29, 0.717) is 32.2 Å². The lowest BCUT2D eigenvalue weighted by Gasteiger charge is -2.40. The molecule has 3 N–H and O–H groups in total. The number of benzene rings is 1. The summed E-state index contributed by atoms with van der Waals surface area (Å²) in [7, 11) is 0. The van der Waals surface area contributed by atoms with Crippen LogP contribution in [-0.2, 0) is 25.5 Å². The van der Waals surface area contributed by atoms with E-state index in [9.17, 15) is 19.5 Å². The van der Waals surface area contributed by atoms with Crippen LogP contribution in [0.5, 0.6) is 0 Å². The predicted molar refractivity (Wildman–Crippen MR) is 154 cm³/mol. The summed E-state index contributed by atoms with van der Waals surface area (Å²) in [6.07, 6.45) is 3.63. The van der Waals surface area contributed by atoms with Crippen molar-refractivity contribution in [3.63, 3.8) is 0 Å². The highest BCUT2D eigenvalue weighted by Crippen LogP contribution is 2.64. The van der Waals surface area contributed by atoms with Crippen LogP contribution in [0.1, 0.15) is 86.1 Å². The van der Waals surface area contributed by atoms with E-state index < -0.39 is 40.7 Å². The summed E-state index contributed by atoms with van der Waals surface area (Å²) >= 11 is 0. The summed E-state index contributed by atoms with van der Waals surface area (Å²) < 4.78 is 6.86. The first kappa shape index (κ1) is 30.5. The highest BCUT2D eigenvalue weighted by atomic mass is 16.5. The van der Waals surface area contributed by atoms with E-state index in [1.807, 2.05) is 58.0 Å². The molecule has 3 heterocycles. The Balaban J connectivity index is 1.78. The number of amides is 3. The smallest absolute Gasteiger partial charge is 0.246 e. The van der Waals surface area contributed by atoms with Gasteiger partial charge in [-0.15, -0.1) is 0 Å². The largest absolute Gasteiger partial charge is 0.394 e. The molecule has 222 valence electrons. The van der Waals surface area contributed by atoms with Gasteiger partial charge in [-0.3, -0.25) is 14.4 Å². The van der Waals surface area contributed by atoms with Gasteiger partial charge in [0, 0.05) is 12.1 Å². The third-order valence-electron chi connectivity index (χ3n) is 9.05. The number of aliphatic hydroxyl groups is 1. The second kappa shape index (κ2) is 11.1. The molecule has 1 aromatic carbocycles. The highest BCUT2D eigenvalue weighted by molar-refractivity contribution is 5.99. The van der Waals surface area contributed by atoms with Crippen molar-refractivity contribution in [3.05, 3.63) is 35.9 Å². The first-order chi connectivity index (χ1) is 18.7. The number of hydrogen-bond donors (Lipinski definition) is 3. The zero-order valence-corrected chi connectivity index (χ0v) is 25.4.